The zero-order valence-electron chi connectivity index (χ0n) is 22.2. The van der Waals surface area contributed by atoms with E-state index in [2.05, 4.69) is 0 Å². The van der Waals surface area contributed by atoms with Gasteiger partial charge in [0.25, 0.3) is 0 Å². The minimum atomic E-state index is -1.59. The molecule has 3 heterocycles. The fourth-order valence-corrected chi connectivity index (χ4v) is 7.81. The highest BCUT2D eigenvalue weighted by molar-refractivity contribution is 7.12. The number of anilines is 1. The van der Waals surface area contributed by atoms with Gasteiger partial charge >= 0.3 is 0 Å². The van der Waals surface area contributed by atoms with Crippen molar-refractivity contribution < 1.29 is 23.9 Å². The number of hydrogen-bond acceptors (Lipinski definition) is 7. The third-order valence-corrected chi connectivity index (χ3v) is 9.68. The van der Waals surface area contributed by atoms with Crippen LogP contribution in [0.4, 0.5) is 5.69 Å². The Morgan fingerprint density at radius 1 is 0.902 bits per heavy atom. The Morgan fingerprint density at radius 2 is 1.63 bits per heavy atom. The Balaban J connectivity index is 1.56. The Morgan fingerprint density at radius 3 is 2.29 bits per heavy atom. The lowest BCUT2D eigenvalue weighted by atomic mass is 9.64. The van der Waals surface area contributed by atoms with Crippen molar-refractivity contribution in [3.05, 3.63) is 116 Å². The van der Waals surface area contributed by atoms with Gasteiger partial charge in [0.2, 0.25) is 0 Å². The first kappa shape index (κ1) is 25.7. The summed E-state index contributed by atoms with van der Waals surface area (Å²) in [6.07, 6.45) is 3.78. The van der Waals surface area contributed by atoms with E-state index in [1.165, 1.54) is 18.4 Å². The number of ketones is 3. The second-order valence-electron chi connectivity index (χ2n) is 10.4. The number of nitrogens with zero attached hydrogens (tertiary/aromatic N) is 1. The Labute approximate surface area is 245 Å². The molecule has 6 nitrogen and oxygen atoms in total. The van der Waals surface area contributed by atoms with Gasteiger partial charge in [-0.25, -0.2) is 0 Å². The predicted octanol–water partition coefficient (Wildman–Crippen LogP) is 6.74. The van der Waals surface area contributed by atoms with Crippen LogP contribution in [0.15, 0.2) is 84.3 Å². The zero-order chi connectivity index (χ0) is 28.5. The van der Waals surface area contributed by atoms with Crippen LogP contribution in [0.3, 0.4) is 0 Å². The van der Waals surface area contributed by atoms with Gasteiger partial charge < -0.3 is 14.4 Å². The van der Waals surface area contributed by atoms with Crippen LogP contribution in [0, 0.1) is 5.41 Å². The lowest BCUT2D eigenvalue weighted by Gasteiger charge is -2.37. The van der Waals surface area contributed by atoms with Gasteiger partial charge in [0.05, 0.1) is 25.1 Å². The Hall–Kier alpha value is -4.20. The van der Waals surface area contributed by atoms with Gasteiger partial charge in [0, 0.05) is 27.8 Å². The molecule has 0 saturated carbocycles. The second kappa shape index (κ2) is 9.43. The highest BCUT2D eigenvalue weighted by Crippen LogP contribution is 2.61. The molecule has 0 N–H and O–H groups in total. The summed E-state index contributed by atoms with van der Waals surface area (Å²) in [4.78, 5) is 46.5. The van der Waals surface area contributed by atoms with Crippen LogP contribution in [-0.2, 0) is 0 Å². The highest BCUT2D eigenvalue weighted by atomic mass is 35.5. The molecule has 1 fully saturated rings. The molecule has 3 aromatic carbocycles. The number of hydrogen-bond donors (Lipinski definition) is 0. The molecule has 8 heteroatoms. The molecule has 3 aliphatic rings. The van der Waals surface area contributed by atoms with E-state index < -0.39 is 23.4 Å². The van der Waals surface area contributed by atoms with E-state index in [1.54, 1.807) is 55.6 Å². The average molecular weight is 582 g/mol. The monoisotopic (exact) mass is 581 g/mol. The maximum Gasteiger partial charge on any atom is 0.195 e. The van der Waals surface area contributed by atoms with Crippen LogP contribution in [0.2, 0.25) is 5.02 Å². The number of ether oxygens (including phenoxy) is 2. The lowest BCUT2D eigenvalue weighted by Crippen LogP contribution is -2.48. The smallest absolute Gasteiger partial charge is 0.195 e. The molecule has 0 amide bonds. The molecule has 204 valence electrons. The normalized spacial score (nSPS) is 21.5. The molecule has 0 bridgehead atoms. The number of rotatable bonds is 5. The van der Waals surface area contributed by atoms with Crippen molar-refractivity contribution in [3.63, 3.8) is 0 Å². The minimum Gasteiger partial charge on any atom is -0.493 e. The third-order valence-electron chi connectivity index (χ3n) is 8.57. The van der Waals surface area contributed by atoms with Gasteiger partial charge in [-0.15, -0.1) is 11.3 Å². The van der Waals surface area contributed by atoms with Crippen LogP contribution >= 0.6 is 22.9 Å². The van der Waals surface area contributed by atoms with Crippen molar-refractivity contribution in [2.45, 2.75) is 18.0 Å². The molecule has 41 heavy (non-hydrogen) atoms. The second-order valence-corrected chi connectivity index (χ2v) is 11.7. The first-order valence-corrected chi connectivity index (χ1v) is 14.4. The lowest BCUT2D eigenvalue weighted by molar-refractivity contribution is 0.0666. The highest BCUT2D eigenvalue weighted by Gasteiger charge is 2.71. The van der Waals surface area contributed by atoms with Crippen LogP contribution in [0.5, 0.6) is 11.5 Å². The maximum absolute atomic E-state index is 14.7. The molecule has 0 radical (unpaired) electrons. The standard InChI is InChI=1S/C33H24ClNO5S/c1-39-24-13-9-19(17-25(24)40-2)28-29(30(36)26-8-5-15-41-26)35-23-12-11-20(34)16-18(23)10-14-27(35)33(28)31(37)21-6-3-4-7-22(21)32(33)38/h3-17,27-29H,1-2H3/t27-,28-,29+/m1/s1. The summed E-state index contributed by atoms with van der Waals surface area (Å²) in [6, 6.07) is 19.8. The number of methoxy groups -OCH3 is 2. The van der Waals surface area contributed by atoms with E-state index in [0.29, 0.717) is 38.1 Å². The van der Waals surface area contributed by atoms with Gasteiger partial charge in [0.15, 0.2) is 28.8 Å². The predicted molar refractivity (Wildman–Crippen MR) is 159 cm³/mol. The average Bonchev–Trinajstić information content (AvgIpc) is 3.70. The number of halogens is 1. The molecule has 2 aliphatic heterocycles. The van der Waals surface area contributed by atoms with Crippen LogP contribution in [0.1, 0.15) is 47.4 Å². The molecular formula is C33H24ClNO5S. The summed E-state index contributed by atoms with van der Waals surface area (Å²) in [6.45, 7) is 0. The quantitative estimate of drug-likeness (QED) is 0.192. The fourth-order valence-electron chi connectivity index (χ4n) is 6.93. The van der Waals surface area contributed by atoms with Crippen molar-refractivity contribution in [1.29, 1.82) is 0 Å². The molecule has 7 rings (SSSR count). The van der Waals surface area contributed by atoms with Crippen molar-refractivity contribution in [3.8, 4) is 11.5 Å². The van der Waals surface area contributed by atoms with Crippen molar-refractivity contribution in [2.75, 3.05) is 19.1 Å². The largest absolute Gasteiger partial charge is 0.493 e. The first-order valence-electron chi connectivity index (χ1n) is 13.2. The van der Waals surface area contributed by atoms with E-state index in [9.17, 15) is 14.4 Å². The molecule has 4 aromatic rings. The first-order chi connectivity index (χ1) is 19.9. The number of carbonyl (C=O) groups is 3. The van der Waals surface area contributed by atoms with Crippen LogP contribution < -0.4 is 14.4 Å². The summed E-state index contributed by atoms with van der Waals surface area (Å²) < 4.78 is 11.1. The Kier molecular flexibility index (Phi) is 5.92. The summed E-state index contributed by atoms with van der Waals surface area (Å²) in [5, 5.41) is 2.41. The number of carbonyl (C=O) groups excluding carboxylic acids is 3. The molecule has 1 saturated heterocycles. The topological polar surface area (TPSA) is 72.9 Å². The van der Waals surface area contributed by atoms with Crippen LogP contribution in [0.25, 0.3) is 6.08 Å². The zero-order valence-corrected chi connectivity index (χ0v) is 23.7. The molecular weight excluding hydrogens is 558 g/mol. The molecule has 1 spiro atoms. The summed E-state index contributed by atoms with van der Waals surface area (Å²) in [5.41, 5.74) is 1.37. The third kappa shape index (κ3) is 3.46. The van der Waals surface area contributed by atoms with Gasteiger partial charge in [-0.2, -0.15) is 0 Å². The van der Waals surface area contributed by atoms with Gasteiger partial charge in [-0.05, 0) is 52.9 Å². The van der Waals surface area contributed by atoms with Gasteiger partial charge in [-0.1, -0.05) is 60.2 Å². The number of benzene rings is 3. The van der Waals surface area contributed by atoms with Crippen molar-refractivity contribution in [1.82, 2.24) is 0 Å². The molecule has 1 aromatic heterocycles. The van der Waals surface area contributed by atoms with Crippen molar-refractivity contribution >= 4 is 52.1 Å². The van der Waals surface area contributed by atoms with Gasteiger partial charge in [0.1, 0.15) is 11.5 Å². The fraction of sp³-hybridized carbons (Fsp3) is 0.182. The summed E-state index contributed by atoms with van der Waals surface area (Å²) >= 11 is 7.70. The van der Waals surface area contributed by atoms with E-state index in [-0.39, 0.29) is 17.3 Å². The molecule has 3 atom stereocenters. The van der Waals surface area contributed by atoms with E-state index in [4.69, 9.17) is 21.1 Å². The molecule has 1 aliphatic carbocycles. The number of Topliss-reactive ketones (excluding diaryl/α,β-unsaturated/α-hetero) is 3. The van der Waals surface area contributed by atoms with Crippen LogP contribution in [-0.4, -0.2) is 43.7 Å². The summed E-state index contributed by atoms with van der Waals surface area (Å²) in [7, 11) is 3.08. The molecule has 0 unspecified atom stereocenters. The van der Waals surface area contributed by atoms with Gasteiger partial charge in [-0.3, -0.25) is 14.4 Å². The van der Waals surface area contributed by atoms with E-state index >= 15 is 0 Å². The Bertz CT molecular complexity index is 1740. The minimum absolute atomic E-state index is 0.158. The SMILES string of the molecule is COc1ccc([C@@H]2[C@@H](C(=O)c3cccs3)N3c4ccc(Cl)cc4C=C[C@@H]3C23C(=O)c2ccccc2C3=O)cc1OC. The summed E-state index contributed by atoms with van der Waals surface area (Å²) in [5.74, 6) is -0.595. The maximum atomic E-state index is 14.7. The van der Waals surface area contributed by atoms with Crippen molar-refractivity contribution in [2.24, 2.45) is 5.41 Å². The van der Waals surface area contributed by atoms with E-state index in [0.717, 1.165) is 11.3 Å². The van der Waals surface area contributed by atoms with E-state index in [1.807, 2.05) is 46.7 Å². The number of fused-ring (bicyclic) bond motifs is 5. The number of thiophene rings is 1.